The van der Waals surface area contributed by atoms with E-state index in [0.29, 0.717) is 12.5 Å². The number of hydrogen-bond donors (Lipinski definition) is 4. The summed E-state index contributed by atoms with van der Waals surface area (Å²) in [6.45, 7) is 3.67. The zero-order valence-electron chi connectivity index (χ0n) is 12.3. The number of carboxylic acid groups (broad SMARTS) is 1. The Kier molecular flexibility index (Phi) is 6.26. The first-order valence-electron chi connectivity index (χ1n) is 7.32. The third-order valence-electron chi connectivity index (χ3n) is 4.15. The van der Waals surface area contributed by atoms with Gasteiger partial charge in [0, 0.05) is 6.54 Å². The smallest absolute Gasteiger partial charge is 0.337 e. The number of hydrogen-bond acceptors (Lipinski definition) is 3. The molecule has 1 unspecified atom stereocenters. The van der Waals surface area contributed by atoms with Gasteiger partial charge in [-0.15, -0.1) is 0 Å². The van der Waals surface area contributed by atoms with E-state index >= 15 is 0 Å². The number of carboxylic acids is 1. The fraction of sp³-hybridized carbons (Fsp3) is 0.857. The third-order valence-corrected chi connectivity index (χ3v) is 4.15. The van der Waals surface area contributed by atoms with Crippen LogP contribution < -0.4 is 10.6 Å². The van der Waals surface area contributed by atoms with Crippen LogP contribution in [-0.2, 0) is 4.79 Å². The maximum atomic E-state index is 11.5. The van der Waals surface area contributed by atoms with E-state index in [0.717, 1.165) is 25.7 Å². The summed E-state index contributed by atoms with van der Waals surface area (Å²) in [5.41, 5.74) is -1.93. The van der Waals surface area contributed by atoms with Gasteiger partial charge in [-0.25, -0.2) is 9.59 Å². The van der Waals surface area contributed by atoms with Gasteiger partial charge in [0.25, 0.3) is 0 Å². The number of nitrogens with one attached hydrogen (secondary N) is 2. The minimum absolute atomic E-state index is 0.309. The Bertz CT molecular complexity index is 336. The quantitative estimate of drug-likeness (QED) is 0.592. The second kappa shape index (κ2) is 7.47. The molecule has 0 bridgehead atoms. The van der Waals surface area contributed by atoms with E-state index in [9.17, 15) is 14.7 Å². The van der Waals surface area contributed by atoms with Gasteiger partial charge >= 0.3 is 12.0 Å². The zero-order valence-corrected chi connectivity index (χ0v) is 12.3. The summed E-state index contributed by atoms with van der Waals surface area (Å²) in [6, 6.07) is -0.427. The van der Waals surface area contributed by atoms with Gasteiger partial charge in [-0.3, -0.25) is 0 Å². The Hall–Kier alpha value is -1.30. The van der Waals surface area contributed by atoms with Crippen LogP contribution in [0.3, 0.4) is 0 Å². The molecule has 20 heavy (non-hydrogen) atoms. The van der Waals surface area contributed by atoms with Gasteiger partial charge in [0.05, 0.1) is 6.54 Å². The Balaban J connectivity index is 2.19. The molecular formula is C14H26N2O4. The topological polar surface area (TPSA) is 98.7 Å². The highest BCUT2D eigenvalue weighted by atomic mass is 16.4. The molecular weight excluding hydrogens is 260 g/mol. The van der Waals surface area contributed by atoms with E-state index in [2.05, 4.69) is 17.6 Å². The van der Waals surface area contributed by atoms with Crippen molar-refractivity contribution in [1.82, 2.24) is 10.6 Å². The van der Waals surface area contributed by atoms with Crippen molar-refractivity contribution in [2.45, 2.75) is 51.6 Å². The molecule has 0 aromatic rings. The summed E-state index contributed by atoms with van der Waals surface area (Å²) >= 11 is 0. The van der Waals surface area contributed by atoms with Crippen molar-refractivity contribution >= 4 is 12.0 Å². The number of aliphatic hydroxyl groups is 1. The molecule has 0 saturated heterocycles. The van der Waals surface area contributed by atoms with Crippen molar-refractivity contribution in [1.29, 1.82) is 0 Å². The predicted molar refractivity (Wildman–Crippen MR) is 75.4 cm³/mol. The Morgan fingerprint density at radius 2 is 1.70 bits per heavy atom. The van der Waals surface area contributed by atoms with Crippen LogP contribution in [0.25, 0.3) is 0 Å². The van der Waals surface area contributed by atoms with Crippen molar-refractivity contribution in [3.63, 3.8) is 0 Å². The van der Waals surface area contributed by atoms with Crippen LogP contribution in [0.1, 0.15) is 46.0 Å². The number of amides is 2. The van der Waals surface area contributed by atoms with Crippen LogP contribution in [0, 0.1) is 11.8 Å². The summed E-state index contributed by atoms with van der Waals surface area (Å²) in [5.74, 6) is -0.0232. The van der Waals surface area contributed by atoms with Crippen LogP contribution in [-0.4, -0.2) is 40.9 Å². The molecule has 0 aliphatic heterocycles. The lowest BCUT2D eigenvalue weighted by atomic mass is 9.81. The first kappa shape index (κ1) is 16.8. The van der Waals surface area contributed by atoms with Crippen molar-refractivity contribution in [2.24, 2.45) is 11.8 Å². The second-order valence-corrected chi connectivity index (χ2v) is 5.94. The summed E-state index contributed by atoms with van der Waals surface area (Å²) < 4.78 is 0. The highest BCUT2D eigenvalue weighted by Gasteiger charge is 2.30. The molecule has 0 aromatic heterocycles. The fourth-order valence-corrected chi connectivity index (χ4v) is 2.47. The number of urea groups is 1. The zero-order chi connectivity index (χ0) is 15.2. The summed E-state index contributed by atoms with van der Waals surface area (Å²) in [6.07, 6.45) is 5.93. The fourth-order valence-electron chi connectivity index (χ4n) is 2.47. The van der Waals surface area contributed by atoms with Gasteiger partial charge in [0.2, 0.25) is 0 Å². The maximum absolute atomic E-state index is 11.5. The molecule has 116 valence electrons. The minimum atomic E-state index is -1.93. The first-order valence-corrected chi connectivity index (χ1v) is 7.32. The van der Waals surface area contributed by atoms with E-state index in [1.807, 2.05) is 0 Å². The number of carbonyl (C=O) groups is 2. The van der Waals surface area contributed by atoms with Crippen LogP contribution in [0.2, 0.25) is 0 Å². The van der Waals surface area contributed by atoms with E-state index in [-0.39, 0.29) is 6.54 Å². The number of aliphatic carboxylic acids is 1. The Morgan fingerprint density at radius 3 is 2.20 bits per heavy atom. The molecule has 1 aliphatic carbocycles. The molecule has 4 N–H and O–H groups in total. The van der Waals surface area contributed by atoms with Gasteiger partial charge in [-0.2, -0.15) is 0 Å². The van der Waals surface area contributed by atoms with Crippen LogP contribution in [0.4, 0.5) is 4.79 Å². The number of rotatable bonds is 6. The molecule has 2 amide bonds. The van der Waals surface area contributed by atoms with Crippen LogP contribution in [0.15, 0.2) is 0 Å². The summed E-state index contributed by atoms with van der Waals surface area (Å²) in [7, 11) is 0. The van der Waals surface area contributed by atoms with Crippen molar-refractivity contribution in [3.05, 3.63) is 0 Å². The molecule has 0 heterocycles. The maximum Gasteiger partial charge on any atom is 0.337 e. The average molecular weight is 286 g/mol. The lowest BCUT2D eigenvalue weighted by Crippen LogP contribution is -2.49. The Morgan fingerprint density at radius 1 is 1.15 bits per heavy atom. The first-order chi connectivity index (χ1) is 9.35. The highest BCUT2D eigenvalue weighted by Crippen LogP contribution is 2.29. The highest BCUT2D eigenvalue weighted by molar-refractivity contribution is 5.79. The number of carbonyl (C=O) groups excluding carboxylic acids is 1. The van der Waals surface area contributed by atoms with Gasteiger partial charge in [-0.05, 0) is 31.6 Å². The molecule has 6 heteroatoms. The molecule has 0 radical (unpaired) electrons. The van der Waals surface area contributed by atoms with Crippen molar-refractivity contribution in [2.75, 3.05) is 13.1 Å². The lowest BCUT2D eigenvalue weighted by molar-refractivity contribution is -0.155. The third kappa shape index (κ3) is 5.36. The minimum Gasteiger partial charge on any atom is -0.479 e. The van der Waals surface area contributed by atoms with Gasteiger partial charge in [-0.1, -0.05) is 26.2 Å². The van der Waals surface area contributed by atoms with Crippen LogP contribution >= 0.6 is 0 Å². The molecule has 6 nitrogen and oxygen atoms in total. The second-order valence-electron chi connectivity index (χ2n) is 5.94. The molecule has 1 aliphatic rings. The molecule has 1 rings (SSSR count). The van der Waals surface area contributed by atoms with Gasteiger partial charge in [0.15, 0.2) is 5.60 Å². The Labute approximate surface area is 119 Å². The molecule has 1 saturated carbocycles. The van der Waals surface area contributed by atoms with Crippen molar-refractivity contribution < 1.29 is 19.8 Å². The summed E-state index contributed by atoms with van der Waals surface area (Å²) in [4.78, 5) is 22.2. The summed E-state index contributed by atoms with van der Waals surface area (Å²) in [5, 5.41) is 23.3. The monoisotopic (exact) mass is 286 g/mol. The average Bonchev–Trinajstić information content (AvgIpc) is 2.43. The van der Waals surface area contributed by atoms with Gasteiger partial charge < -0.3 is 20.8 Å². The normalized spacial score (nSPS) is 25.6. The van der Waals surface area contributed by atoms with Crippen molar-refractivity contribution in [3.8, 4) is 0 Å². The molecule has 0 aromatic carbocycles. The van der Waals surface area contributed by atoms with Crippen LogP contribution in [0.5, 0.6) is 0 Å². The molecule has 1 atom stereocenters. The largest absolute Gasteiger partial charge is 0.479 e. The predicted octanol–water partition coefficient (Wildman–Crippen LogP) is 1.34. The van der Waals surface area contributed by atoms with E-state index < -0.39 is 17.6 Å². The lowest BCUT2D eigenvalue weighted by Gasteiger charge is -2.28. The molecule has 1 fully saturated rings. The van der Waals surface area contributed by atoms with E-state index in [4.69, 9.17) is 5.11 Å². The SMILES string of the molecule is CCC1CCC(CNC(=O)NCC(C)(O)C(=O)O)CC1. The van der Waals surface area contributed by atoms with Gasteiger partial charge in [0.1, 0.15) is 0 Å². The molecule has 0 spiro atoms. The van der Waals surface area contributed by atoms with E-state index in [1.54, 1.807) is 0 Å². The van der Waals surface area contributed by atoms with E-state index in [1.165, 1.54) is 19.3 Å². The standard InChI is InChI=1S/C14H26N2O4/c1-3-10-4-6-11(7-5-10)8-15-13(19)16-9-14(2,20)12(17)18/h10-11,20H,3-9H2,1-2H3,(H,17,18)(H2,15,16,19).